The minimum absolute atomic E-state index is 0.118. The van der Waals surface area contributed by atoms with Gasteiger partial charge in [0.15, 0.2) is 0 Å². The van der Waals surface area contributed by atoms with Crippen molar-refractivity contribution in [1.29, 1.82) is 0 Å². The van der Waals surface area contributed by atoms with E-state index < -0.39 is 0 Å². The zero-order valence-electron chi connectivity index (χ0n) is 15.2. The Balaban J connectivity index is 1.59. The number of hydrogen-bond donors (Lipinski definition) is 0. The van der Waals surface area contributed by atoms with Crippen LogP contribution in [0.3, 0.4) is 0 Å². The van der Waals surface area contributed by atoms with Gasteiger partial charge in [0.2, 0.25) is 5.91 Å². The number of thiazole rings is 1. The van der Waals surface area contributed by atoms with Gasteiger partial charge < -0.3 is 9.64 Å². The van der Waals surface area contributed by atoms with Crippen molar-refractivity contribution >= 4 is 17.2 Å². The Labute approximate surface area is 157 Å². The molecule has 0 bridgehead atoms. The van der Waals surface area contributed by atoms with Gasteiger partial charge in [0.1, 0.15) is 5.75 Å². The van der Waals surface area contributed by atoms with Gasteiger partial charge in [-0.2, -0.15) is 5.10 Å². The summed E-state index contributed by atoms with van der Waals surface area (Å²) in [5.41, 5.74) is 4.75. The van der Waals surface area contributed by atoms with E-state index in [1.807, 2.05) is 49.9 Å². The van der Waals surface area contributed by atoms with Gasteiger partial charge in [0, 0.05) is 42.7 Å². The van der Waals surface area contributed by atoms with Gasteiger partial charge in [-0.1, -0.05) is 6.07 Å². The highest BCUT2D eigenvalue weighted by Crippen LogP contribution is 2.17. The lowest BCUT2D eigenvalue weighted by Gasteiger charge is -2.16. The number of rotatable bonds is 7. The molecule has 0 radical (unpaired) electrons. The van der Waals surface area contributed by atoms with E-state index in [-0.39, 0.29) is 5.91 Å². The number of nitrogens with zero attached hydrogens (tertiary/aromatic N) is 4. The van der Waals surface area contributed by atoms with Crippen molar-refractivity contribution in [1.82, 2.24) is 19.7 Å². The average Bonchev–Trinajstić information content (AvgIpc) is 3.28. The molecule has 0 N–H and O–H groups in total. The predicted molar refractivity (Wildman–Crippen MR) is 102 cm³/mol. The van der Waals surface area contributed by atoms with Crippen molar-refractivity contribution in [3.05, 3.63) is 58.3 Å². The Morgan fingerprint density at radius 3 is 2.96 bits per heavy atom. The van der Waals surface area contributed by atoms with Crippen LogP contribution in [0, 0.1) is 6.92 Å². The van der Waals surface area contributed by atoms with Crippen LogP contribution in [0.15, 0.2) is 42.2 Å². The van der Waals surface area contributed by atoms with Crippen LogP contribution in [-0.4, -0.2) is 39.7 Å². The molecule has 0 atom stereocenters. The summed E-state index contributed by atoms with van der Waals surface area (Å²) in [6, 6.07) is 7.70. The second kappa shape index (κ2) is 8.14. The molecule has 0 saturated carbocycles. The molecule has 2 heterocycles. The van der Waals surface area contributed by atoms with Gasteiger partial charge in [0.25, 0.3) is 0 Å². The van der Waals surface area contributed by atoms with Crippen molar-refractivity contribution in [2.75, 3.05) is 14.2 Å². The van der Waals surface area contributed by atoms with Crippen LogP contribution in [0.25, 0.3) is 5.69 Å². The maximum Gasteiger partial charge on any atom is 0.222 e. The Bertz CT molecular complexity index is 887. The Morgan fingerprint density at radius 2 is 2.23 bits per heavy atom. The third kappa shape index (κ3) is 4.29. The molecule has 1 aromatic carbocycles. The Hall–Kier alpha value is -2.67. The molecule has 0 aliphatic heterocycles. The zero-order chi connectivity index (χ0) is 18.5. The second-order valence-electron chi connectivity index (χ2n) is 6.11. The van der Waals surface area contributed by atoms with Gasteiger partial charge in [-0.15, -0.1) is 11.3 Å². The van der Waals surface area contributed by atoms with Crippen LogP contribution in [0.4, 0.5) is 0 Å². The van der Waals surface area contributed by atoms with Gasteiger partial charge in [-0.05, 0) is 25.5 Å². The van der Waals surface area contributed by atoms with E-state index in [2.05, 4.69) is 10.1 Å². The third-order valence-corrected chi connectivity index (χ3v) is 5.21. The summed E-state index contributed by atoms with van der Waals surface area (Å²) in [6.07, 6.45) is 4.95. The number of ether oxygens (including phenoxy) is 1. The number of amides is 1. The fourth-order valence-corrected chi connectivity index (χ4v) is 3.46. The monoisotopic (exact) mass is 370 g/mol. The first-order valence-corrected chi connectivity index (χ1v) is 9.25. The Kier molecular flexibility index (Phi) is 5.68. The summed E-state index contributed by atoms with van der Waals surface area (Å²) in [6.45, 7) is 2.51. The molecule has 0 aliphatic rings. The first-order chi connectivity index (χ1) is 12.6. The second-order valence-corrected chi connectivity index (χ2v) is 7.04. The van der Waals surface area contributed by atoms with Crippen molar-refractivity contribution in [2.24, 2.45) is 0 Å². The van der Waals surface area contributed by atoms with E-state index in [0.29, 0.717) is 13.0 Å². The molecular weight excluding hydrogens is 348 g/mol. The highest BCUT2D eigenvalue weighted by Gasteiger charge is 2.12. The molecule has 0 aliphatic carbocycles. The Morgan fingerprint density at radius 1 is 1.38 bits per heavy atom. The molecular formula is C19H22N4O2S. The van der Waals surface area contributed by atoms with Crippen molar-refractivity contribution in [3.8, 4) is 11.4 Å². The lowest BCUT2D eigenvalue weighted by Crippen LogP contribution is -2.26. The molecule has 1 amide bonds. The molecule has 6 nitrogen and oxygen atoms in total. The minimum Gasteiger partial charge on any atom is -0.497 e. The number of benzene rings is 1. The molecule has 7 heteroatoms. The molecule has 3 aromatic rings. The van der Waals surface area contributed by atoms with E-state index in [1.54, 1.807) is 34.2 Å². The average molecular weight is 370 g/mol. The topological polar surface area (TPSA) is 60.2 Å². The summed E-state index contributed by atoms with van der Waals surface area (Å²) in [5.74, 6) is 0.900. The van der Waals surface area contributed by atoms with E-state index in [4.69, 9.17) is 4.74 Å². The lowest BCUT2D eigenvalue weighted by atomic mass is 10.2. The van der Waals surface area contributed by atoms with Crippen LogP contribution in [-0.2, 0) is 17.8 Å². The first kappa shape index (κ1) is 18.1. The van der Waals surface area contributed by atoms with E-state index in [0.717, 1.165) is 29.1 Å². The summed E-state index contributed by atoms with van der Waals surface area (Å²) in [7, 11) is 3.46. The number of carbonyl (C=O) groups is 1. The number of aryl methyl sites for hydroxylation is 2. The number of methoxy groups -OCH3 is 1. The van der Waals surface area contributed by atoms with Crippen LogP contribution >= 0.6 is 11.3 Å². The fourth-order valence-electron chi connectivity index (χ4n) is 2.68. The standard InChI is InChI=1S/C19H22N4O2S/c1-14-18(26-13-20-14)7-8-19(24)22(2)11-15-10-21-23(12-15)16-5-4-6-17(9-16)25-3/h4-6,9-10,12-13H,7-8,11H2,1-3H3. The molecule has 26 heavy (non-hydrogen) atoms. The highest BCUT2D eigenvalue weighted by atomic mass is 32.1. The fraction of sp³-hybridized carbons (Fsp3) is 0.316. The van der Waals surface area contributed by atoms with E-state index in [9.17, 15) is 4.79 Å². The number of hydrogen-bond acceptors (Lipinski definition) is 5. The van der Waals surface area contributed by atoms with Crippen LogP contribution in [0.2, 0.25) is 0 Å². The molecule has 0 unspecified atom stereocenters. The maximum absolute atomic E-state index is 12.4. The summed E-state index contributed by atoms with van der Waals surface area (Å²) < 4.78 is 7.04. The van der Waals surface area contributed by atoms with Crippen molar-refractivity contribution in [3.63, 3.8) is 0 Å². The van der Waals surface area contributed by atoms with Crippen LogP contribution in [0.5, 0.6) is 5.75 Å². The van der Waals surface area contributed by atoms with Gasteiger partial charge in [0.05, 0.1) is 30.2 Å². The maximum atomic E-state index is 12.4. The highest BCUT2D eigenvalue weighted by molar-refractivity contribution is 7.09. The predicted octanol–water partition coefficient (Wildman–Crippen LogP) is 3.24. The molecule has 0 saturated heterocycles. The molecule has 3 rings (SSSR count). The van der Waals surface area contributed by atoms with Crippen LogP contribution in [0.1, 0.15) is 22.6 Å². The smallest absolute Gasteiger partial charge is 0.222 e. The zero-order valence-corrected chi connectivity index (χ0v) is 16.0. The van der Waals surface area contributed by atoms with Crippen LogP contribution < -0.4 is 4.74 Å². The number of carbonyl (C=O) groups excluding carboxylic acids is 1. The van der Waals surface area contributed by atoms with E-state index >= 15 is 0 Å². The van der Waals surface area contributed by atoms with Gasteiger partial charge in [-0.3, -0.25) is 4.79 Å². The summed E-state index contributed by atoms with van der Waals surface area (Å²) in [5, 5.41) is 4.39. The van der Waals surface area contributed by atoms with Gasteiger partial charge >= 0.3 is 0 Å². The SMILES string of the molecule is COc1cccc(-n2cc(CN(C)C(=O)CCc3scnc3C)cn2)c1. The quantitative estimate of drug-likeness (QED) is 0.641. The largest absolute Gasteiger partial charge is 0.497 e. The first-order valence-electron chi connectivity index (χ1n) is 8.37. The number of aromatic nitrogens is 3. The molecule has 0 fully saturated rings. The third-order valence-electron chi connectivity index (χ3n) is 4.21. The normalized spacial score (nSPS) is 10.7. The van der Waals surface area contributed by atoms with Crippen molar-refractivity contribution in [2.45, 2.75) is 26.3 Å². The summed E-state index contributed by atoms with van der Waals surface area (Å²) in [4.78, 5) is 19.5. The lowest BCUT2D eigenvalue weighted by molar-refractivity contribution is -0.130. The van der Waals surface area contributed by atoms with Crippen molar-refractivity contribution < 1.29 is 9.53 Å². The molecule has 136 valence electrons. The van der Waals surface area contributed by atoms with E-state index in [1.165, 1.54) is 4.88 Å². The molecule has 0 spiro atoms. The molecule has 2 aromatic heterocycles. The minimum atomic E-state index is 0.118. The summed E-state index contributed by atoms with van der Waals surface area (Å²) >= 11 is 1.61. The van der Waals surface area contributed by atoms with Gasteiger partial charge in [-0.25, -0.2) is 9.67 Å².